The molecule has 6 nitrogen and oxygen atoms in total. The predicted octanol–water partition coefficient (Wildman–Crippen LogP) is 3.64. The Morgan fingerprint density at radius 1 is 1.14 bits per heavy atom. The summed E-state index contributed by atoms with van der Waals surface area (Å²) >= 11 is 0. The average Bonchev–Trinajstić information content (AvgIpc) is 2.59. The molecular weight excluding hydrogens is 398 g/mol. The number of ether oxygens (including phenoxy) is 2. The minimum atomic E-state index is -6.00. The number of halogens is 6. The van der Waals surface area contributed by atoms with Gasteiger partial charge in [0.15, 0.2) is 0 Å². The molecule has 158 valence electrons. The molecule has 0 radical (unpaired) electrons. The molecule has 0 saturated carbocycles. The largest absolute Gasteiger partial charge is 0.449 e. The maximum atomic E-state index is 12.9. The molecule has 0 atom stereocenters. The molecule has 0 aliphatic heterocycles. The Bertz CT molecular complexity index is 659. The van der Waals surface area contributed by atoms with Gasteiger partial charge in [-0.2, -0.15) is 26.3 Å². The maximum Gasteiger partial charge on any atom is 0.430 e. The molecule has 0 aliphatic rings. The third kappa shape index (κ3) is 5.13. The van der Waals surface area contributed by atoms with Gasteiger partial charge < -0.3 is 14.6 Å². The van der Waals surface area contributed by atoms with E-state index in [2.05, 4.69) is 4.99 Å². The summed E-state index contributed by atoms with van der Waals surface area (Å²) in [5, 5.41) is 9.38. The van der Waals surface area contributed by atoms with Crippen molar-refractivity contribution in [1.29, 1.82) is 0 Å². The third-order valence-electron chi connectivity index (χ3n) is 3.47. The van der Waals surface area contributed by atoms with Crippen LogP contribution in [-0.4, -0.2) is 56.8 Å². The second-order valence-corrected chi connectivity index (χ2v) is 5.34. The van der Waals surface area contributed by atoms with Crippen LogP contribution in [0.4, 0.5) is 36.8 Å². The van der Waals surface area contributed by atoms with E-state index in [1.165, 1.54) is 14.0 Å². The van der Waals surface area contributed by atoms with Crippen LogP contribution < -0.4 is 4.90 Å². The van der Waals surface area contributed by atoms with Crippen molar-refractivity contribution >= 4 is 18.1 Å². The summed E-state index contributed by atoms with van der Waals surface area (Å²) in [6, 6.07) is 2.45. The number of alkyl halides is 6. The molecule has 1 aromatic rings. The van der Waals surface area contributed by atoms with Crippen molar-refractivity contribution in [3.8, 4) is 0 Å². The number of hydrogen-bond donors (Lipinski definition) is 1. The van der Waals surface area contributed by atoms with Crippen LogP contribution >= 0.6 is 0 Å². The van der Waals surface area contributed by atoms with E-state index in [4.69, 9.17) is 9.47 Å². The van der Waals surface area contributed by atoms with Crippen molar-refractivity contribution < 1.29 is 45.7 Å². The summed E-state index contributed by atoms with van der Waals surface area (Å²) in [5.41, 5.74) is -6.62. The fourth-order valence-electron chi connectivity index (χ4n) is 2.05. The molecule has 1 aromatic carbocycles. The number of rotatable bonds is 7. The molecule has 0 spiro atoms. The van der Waals surface area contributed by atoms with E-state index in [9.17, 15) is 36.2 Å². The first-order chi connectivity index (χ1) is 12.9. The predicted molar refractivity (Wildman–Crippen MR) is 87.2 cm³/mol. The number of amides is 1. The van der Waals surface area contributed by atoms with Crippen LogP contribution in [0.25, 0.3) is 0 Å². The number of hydrogen-bond acceptors (Lipinski definition) is 5. The molecule has 1 rings (SSSR count). The number of carbonyl (C=O) groups excluding carboxylic acids is 1. The Hall–Kier alpha value is -2.34. The maximum absolute atomic E-state index is 12.9. The molecule has 0 aliphatic carbocycles. The van der Waals surface area contributed by atoms with E-state index >= 15 is 0 Å². The Labute approximate surface area is 156 Å². The number of methoxy groups -OCH3 is 1. The number of carbonyl (C=O) groups is 1. The molecule has 0 unspecified atom stereocenters. The first kappa shape index (κ1) is 23.7. The number of benzene rings is 1. The summed E-state index contributed by atoms with van der Waals surface area (Å²) in [6.45, 7) is 1.85. The van der Waals surface area contributed by atoms with Crippen LogP contribution in [0.1, 0.15) is 12.5 Å². The Morgan fingerprint density at radius 2 is 1.68 bits per heavy atom. The van der Waals surface area contributed by atoms with Crippen molar-refractivity contribution in [2.45, 2.75) is 24.9 Å². The highest BCUT2D eigenvalue weighted by molar-refractivity contribution is 6.04. The van der Waals surface area contributed by atoms with Crippen molar-refractivity contribution in [1.82, 2.24) is 0 Å². The zero-order valence-electron chi connectivity index (χ0n) is 14.8. The van der Waals surface area contributed by atoms with Gasteiger partial charge in [0.2, 0.25) is 0 Å². The van der Waals surface area contributed by atoms with Gasteiger partial charge in [0.1, 0.15) is 0 Å². The average molecular weight is 416 g/mol. The van der Waals surface area contributed by atoms with Gasteiger partial charge in [0.25, 0.3) is 5.60 Å². The van der Waals surface area contributed by atoms with Crippen molar-refractivity contribution in [2.75, 3.05) is 31.8 Å². The van der Waals surface area contributed by atoms with E-state index in [0.29, 0.717) is 12.1 Å². The summed E-state index contributed by atoms with van der Waals surface area (Å²) in [6.07, 6.45) is -11.9. The molecular formula is C16H18F6N2O4. The lowest BCUT2D eigenvalue weighted by molar-refractivity contribution is -0.376. The van der Waals surface area contributed by atoms with Crippen LogP contribution in [-0.2, 0) is 15.1 Å². The van der Waals surface area contributed by atoms with E-state index < -0.39 is 29.6 Å². The molecule has 1 N–H and O–H groups in total. The van der Waals surface area contributed by atoms with Crippen LogP contribution in [0.5, 0.6) is 0 Å². The Morgan fingerprint density at radius 3 is 2.11 bits per heavy atom. The van der Waals surface area contributed by atoms with E-state index in [0.717, 1.165) is 23.4 Å². The molecule has 0 saturated heterocycles. The monoisotopic (exact) mass is 416 g/mol. The summed E-state index contributed by atoms with van der Waals surface area (Å²) in [5.74, 6) is 0. The fraction of sp³-hybridized carbons (Fsp3) is 0.500. The normalized spacial score (nSPS) is 13.0. The lowest BCUT2D eigenvalue weighted by Crippen LogP contribution is -2.53. The first-order valence-electron chi connectivity index (χ1n) is 7.81. The smallest absolute Gasteiger partial charge is 0.430 e. The molecule has 1 amide bonds. The lowest BCUT2D eigenvalue weighted by Gasteiger charge is -2.32. The summed E-state index contributed by atoms with van der Waals surface area (Å²) in [7, 11) is 1.42. The SMILES string of the molecule is CCOC(=O)N(C=NCCOC)c1ccc(C(O)(C(F)(F)F)C(F)(F)F)cc1. The van der Waals surface area contributed by atoms with Crippen LogP contribution in [0.3, 0.4) is 0 Å². The third-order valence-corrected chi connectivity index (χ3v) is 3.47. The number of aliphatic imine (C=N–C) groups is 1. The van der Waals surface area contributed by atoms with Crippen LogP contribution in [0.2, 0.25) is 0 Å². The molecule has 0 fully saturated rings. The van der Waals surface area contributed by atoms with Crippen molar-refractivity contribution in [3.05, 3.63) is 29.8 Å². The minimum Gasteiger partial charge on any atom is -0.449 e. The van der Waals surface area contributed by atoms with Gasteiger partial charge in [-0.25, -0.2) is 9.69 Å². The molecule has 28 heavy (non-hydrogen) atoms. The Kier molecular flexibility index (Phi) is 7.82. The highest BCUT2D eigenvalue weighted by atomic mass is 19.4. The molecule has 0 heterocycles. The van der Waals surface area contributed by atoms with Gasteiger partial charge >= 0.3 is 18.4 Å². The zero-order valence-corrected chi connectivity index (χ0v) is 14.8. The fourth-order valence-corrected chi connectivity index (χ4v) is 2.05. The van der Waals surface area contributed by atoms with Gasteiger partial charge in [0.05, 0.1) is 31.8 Å². The quantitative estimate of drug-likeness (QED) is 0.319. The zero-order chi connectivity index (χ0) is 21.6. The lowest BCUT2D eigenvalue weighted by atomic mass is 9.92. The van der Waals surface area contributed by atoms with Gasteiger partial charge in [-0.05, 0) is 19.1 Å². The number of anilines is 1. The molecule has 0 aromatic heterocycles. The standard InChI is InChI=1S/C16H18F6N2O4/c1-3-28-13(25)24(10-23-8-9-27-2)12-6-4-11(5-7-12)14(26,15(17,18)19)16(20,21)22/h4-7,10,26H,3,8-9H2,1-2H3. The highest BCUT2D eigenvalue weighted by Crippen LogP contribution is 2.50. The van der Waals surface area contributed by atoms with Gasteiger partial charge in [-0.3, -0.25) is 4.99 Å². The summed E-state index contributed by atoms with van der Waals surface area (Å²) < 4.78 is 87.1. The van der Waals surface area contributed by atoms with Crippen molar-refractivity contribution in [3.63, 3.8) is 0 Å². The highest BCUT2D eigenvalue weighted by Gasteiger charge is 2.71. The van der Waals surface area contributed by atoms with Gasteiger partial charge in [-0.15, -0.1) is 0 Å². The second kappa shape index (κ2) is 9.24. The van der Waals surface area contributed by atoms with E-state index in [1.54, 1.807) is 0 Å². The second-order valence-electron chi connectivity index (χ2n) is 5.34. The van der Waals surface area contributed by atoms with Crippen LogP contribution in [0.15, 0.2) is 29.3 Å². The van der Waals surface area contributed by atoms with Gasteiger partial charge in [0, 0.05) is 12.7 Å². The summed E-state index contributed by atoms with van der Waals surface area (Å²) in [4.78, 5) is 16.6. The first-order valence-corrected chi connectivity index (χ1v) is 7.81. The number of aliphatic hydroxyl groups is 1. The van der Waals surface area contributed by atoms with Crippen LogP contribution in [0, 0.1) is 0 Å². The number of nitrogens with zero attached hydrogens (tertiary/aromatic N) is 2. The Balaban J connectivity index is 3.28. The van der Waals surface area contributed by atoms with Crippen molar-refractivity contribution in [2.24, 2.45) is 4.99 Å². The van der Waals surface area contributed by atoms with E-state index in [-0.39, 0.29) is 25.4 Å². The van der Waals surface area contributed by atoms with E-state index in [1.807, 2.05) is 0 Å². The molecule has 0 bridgehead atoms. The topological polar surface area (TPSA) is 71.4 Å². The van der Waals surface area contributed by atoms with Gasteiger partial charge in [-0.1, -0.05) is 12.1 Å². The minimum absolute atomic E-state index is 0.0266. The molecule has 12 heteroatoms.